The van der Waals surface area contributed by atoms with E-state index in [4.69, 9.17) is 10.2 Å². The molecule has 90 valence electrons. The molecule has 8 nitrogen and oxygen atoms in total. The maximum atomic E-state index is 10.8. The van der Waals surface area contributed by atoms with E-state index in [0.29, 0.717) is 0 Å². The molecule has 0 aliphatic carbocycles. The van der Waals surface area contributed by atoms with Crippen LogP contribution in [0.15, 0.2) is 12.1 Å². The normalized spacial score (nSPS) is 9.71. The minimum atomic E-state index is -1.60. The van der Waals surface area contributed by atoms with Crippen LogP contribution in [0, 0.1) is 10.1 Å². The molecule has 0 amide bonds. The highest BCUT2D eigenvalue weighted by Crippen LogP contribution is 2.29. The van der Waals surface area contributed by atoms with Gasteiger partial charge in [-0.15, -0.1) is 0 Å². The fourth-order valence-electron chi connectivity index (χ4n) is 1.25. The molecule has 1 aromatic carbocycles. The lowest BCUT2D eigenvalue weighted by molar-refractivity contribution is -0.385. The van der Waals surface area contributed by atoms with Crippen LogP contribution in [0.25, 0.3) is 0 Å². The highest BCUT2D eigenvalue weighted by atomic mass is 16.6. The van der Waals surface area contributed by atoms with E-state index < -0.39 is 33.7 Å². The highest BCUT2D eigenvalue weighted by Gasteiger charge is 2.29. The highest BCUT2D eigenvalue weighted by molar-refractivity contribution is 6.01. The molecule has 0 aliphatic rings. The SMILES string of the molecule is COc1cc(C(=O)O)c([N+](=O)[O-])c(C(=O)O)c1. The van der Waals surface area contributed by atoms with Gasteiger partial charge in [0, 0.05) is 12.1 Å². The van der Waals surface area contributed by atoms with E-state index in [1.165, 1.54) is 7.11 Å². The van der Waals surface area contributed by atoms with Crippen LogP contribution in [0.4, 0.5) is 5.69 Å². The smallest absolute Gasteiger partial charge is 0.342 e. The van der Waals surface area contributed by atoms with Crippen molar-refractivity contribution in [1.29, 1.82) is 0 Å². The molecule has 1 aromatic rings. The molecule has 0 radical (unpaired) electrons. The third kappa shape index (κ3) is 2.30. The Kier molecular flexibility index (Phi) is 3.27. The predicted molar refractivity (Wildman–Crippen MR) is 53.6 cm³/mol. The van der Waals surface area contributed by atoms with Crippen molar-refractivity contribution < 1.29 is 29.5 Å². The summed E-state index contributed by atoms with van der Waals surface area (Å²) in [5.74, 6) is -3.28. The van der Waals surface area contributed by atoms with Gasteiger partial charge in [-0.1, -0.05) is 0 Å². The Morgan fingerprint density at radius 3 is 1.88 bits per heavy atom. The number of hydrogen-bond donors (Lipinski definition) is 2. The molecule has 1 rings (SSSR count). The van der Waals surface area contributed by atoms with Crippen molar-refractivity contribution in [3.8, 4) is 5.75 Å². The number of nitrogens with zero attached hydrogens (tertiary/aromatic N) is 1. The topological polar surface area (TPSA) is 127 Å². The quantitative estimate of drug-likeness (QED) is 0.594. The van der Waals surface area contributed by atoms with Gasteiger partial charge < -0.3 is 14.9 Å². The standard InChI is InChI=1S/C9H7NO7/c1-17-4-2-5(8(11)12)7(10(15)16)6(3-4)9(13)14/h2-3H,1H3,(H,11,12)(H,13,14). The zero-order valence-electron chi connectivity index (χ0n) is 8.54. The molecule has 0 aliphatic heterocycles. The summed E-state index contributed by atoms with van der Waals surface area (Å²) in [4.78, 5) is 31.3. The Morgan fingerprint density at radius 1 is 1.24 bits per heavy atom. The van der Waals surface area contributed by atoms with Crippen LogP contribution < -0.4 is 4.74 Å². The number of methoxy groups -OCH3 is 1. The second-order valence-electron chi connectivity index (χ2n) is 2.94. The number of ether oxygens (including phenoxy) is 1. The van der Waals surface area contributed by atoms with Crippen LogP contribution in [0.1, 0.15) is 20.7 Å². The predicted octanol–water partition coefficient (Wildman–Crippen LogP) is 1.000. The third-order valence-electron chi connectivity index (χ3n) is 1.96. The number of carboxylic acid groups (broad SMARTS) is 2. The Bertz CT molecular complexity index is 473. The molecule has 0 heterocycles. The Labute approximate surface area is 94.2 Å². The fraction of sp³-hybridized carbons (Fsp3) is 0.111. The second kappa shape index (κ2) is 4.47. The van der Waals surface area contributed by atoms with Crippen molar-refractivity contribution in [2.24, 2.45) is 0 Å². The van der Waals surface area contributed by atoms with Gasteiger partial charge in [0.2, 0.25) is 0 Å². The van der Waals surface area contributed by atoms with Gasteiger partial charge in [-0.2, -0.15) is 0 Å². The van der Waals surface area contributed by atoms with Crippen molar-refractivity contribution in [2.75, 3.05) is 7.11 Å². The van der Waals surface area contributed by atoms with Crippen LogP contribution in [0.5, 0.6) is 5.75 Å². The van der Waals surface area contributed by atoms with Crippen molar-refractivity contribution in [1.82, 2.24) is 0 Å². The number of aromatic carboxylic acids is 2. The average molecular weight is 241 g/mol. The maximum absolute atomic E-state index is 10.8. The number of rotatable bonds is 4. The van der Waals surface area contributed by atoms with Crippen molar-refractivity contribution >= 4 is 17.6 Å². The van der Waals surface area contributed by atoms with Crippen molar-refractivity contribution in [2.45, 2.75) is 0 Å². The first-order valence-electron chi connectivity index (χ1n) is 4.21. The van der Waals surface area contributed by atoms with Crippen LogP contribution >= 0.6 is 0 Å². The molecule has 0 saturated heterocycles. The molecule has 2 N–H and O–H groups in total. The summed E-state index contributed by atoms with van der Waals surface area (Å²) >= 11 is 0. The van der Waals surface area contributed by atoms with Gasteiger partial charge in [0.25, 0.3) is 5.69 Å². The van der Waals surface area contributed by atoms with Crippen LogP contribution in [0.3, 0.4) is 0 Å². The number of carbonyl (C=O) groups is 2. The summed E-state index contributed by atoms with van der Waals surface area (Å²) in [6.07, 6.45) is 0. The van der Waals surface area contributed by atoms with E-state index in [2.05, 4.69) is 4.74 Å². The van der Waals surface area contributed by atoms with Gasteiger partial charge in [0.1, 0.15) is 16.9 Å². The van der Waals surface area contributed by atoms with Crippen LogP contribution in [0.2, 0.25) is 0 Å². The molecular formula is C9H7NO7. The Balaban J connectivity index is 3.67. The van der Waals surface area contributed by atoms with Gasteiger partial charge in [0.05, 0.1) is 12.0 Å². The molecule has 17 heavy (non-hydrogen) atoms. The number of benzene rings is 1. The fourth-order valence-corrected chi connectivity index (χ4v) is 1.25. The lowest BCUT2D eigenvalue weighted by Gasteiger charge is -2.05. The van der Waals surface area contributed by atoms with Gasteiger partial charge in [-0.25, -0.2) is 9.59 Å². The lowest BCUT2D eigenvalue weighted by Crippen LogP contribution is -2.10. The average Bonchev–Trinajstić information content (AvgIpc) is 2.26. The molecular weight excluding hydrogens is 234 g/mol. The summed E-state index contributed by atoms with van der Waals surface area (Å²) in [6, 6.07) is 1.79. The molecule has 0 spiro atoms. The summed E-state index contributed by atoms with van der Waals surface area (Å²) in [5, 5.41) is 28.3. The third-order valence-corrected chi connectivity index (χ3v) is 1.96. The molecule has 0 bridgehead atoms. The van der Waals surface area contributed by atoms with E-state index in [-0.39, 0.29) is 5.75 Å². The second-order valence-corrected chi connectivity index (χ2v) is 2.94. The Morgan fingerprint density at radius 2 is 1.65 bits per heavy atom. The van der Waals surface area contributed by atoms with E-state index in [1.807, 2.05) is 0 Å². The van der Waals surface area contributed by atoms with Gasteiger partial charge >= 0.3 is 11.9 Å². The number of nitro groups is 1. The first-order valence-corrected chi connectivity index (χ1v) is 4.21. The number of hydrogen-bond acceptors (Lipinski definition) is 5. The van der Waals surface area contributed by atoms with Gasteiger partial charge in [0.15, 0.2) is 0 Å². The minimum absolute atomic E-state index is 0.0783. The van der Waals surface area contributed by atoms with Gasteiger partial charge in [-0.05, 0) is 0 Å². The zero-order valence-corrected chi connectivity index (χ0v) is 8.54. The monoisotopic (exact) mass is 241 g/mol. The molecule has 8 heteroatoms. The van der Waals surface area contributed by atoms with Crippen molar-refractivity contribution in [3.05, 3.63) is 33.4 Å². The zero-order chi connectivity index (χ0) is 13.2. The molecule has 0 aromatic heterocycles. The molecule has 0 atom stereocenters. The van der Waals surface area contributed by atoms with E-state index in [1.54, 1.807) is 0 Å². The molecule has 0 unspecified atom stereocenters. The summed E-state index contributed by atoms with van der Waals surface area (Å²) in [7, 11) is 1.19. The lowest BCUT2D eigenvalue weighted by atomic mass is 10.1. The molecule has 0 saturated carbocycles. The van der Waals surface area contributed by atoms with Crippen LogP contribution in [-0.2, 0) is 0 Å². The first kappa shape index (κ1) is 12.4. The summed E-state index contributed by atoms with van der Waals surface area (Å²) in [5.41, 5.74) is -2.43. The van der Waals surface area contributed by atoms with E-state index >= 15 is 0 Å². The van der Waals surface area contributed by atoms with Crippen LogP contribution in [-0.4, -0.2) is 34.2 Å². The first-order chi connectivity index (χ1) is 7.88. The number of nitro benzene ring substituents is 1. The summed E-state index contributed by atoms with van der Waals surface area (Å²) < 4.78 is 4.68. The molecule has 0 fully saturated rings. The van der Waals surface area contributed by atoms with Crippen molar-refractivity contribution in [3.63, 3.8) is 0 Å². The number of carboxylic acids is 2. The maximum Gasteiger partial charge on any atom is 0.342 e. The largest absolute Gasteiger partial charge is 0.497 e. The summed E-state index contributed by atoms with van der Waals surface area (Å²) in [6.45, 7) is 0. The minimum Gasteiger partial charge on any atom is -0.497 e. The Hall–Kier alpha value is -2.64. The van der Waals surface area contributed by atoms with Gasteiger partial charge in [-0.3, -0.25) is 10.1 Å². The van der Waals surface area contributed by atoms with E-state index in [0.717, 1.165) is 12.1 Å². The van der Waals surface area contributed by atoms with E-state index in [9.17, 15) is 19.7 Å².